The van der Waals surface area contributed by atoms with E-state index >= 15 is 0 Å². The number of methoxy groups -OCH3 is 1. The summed E-state index contributed by atoms with van der Waals surface area (Å²) in [4.78, 5) is 9.00. The van der Waals surface area contributed by atoms with Crippen molar-refractivity contribution in [3.8, 4) is 5.75 Å². The van der Waals surface area contributed by atoms with E-state index in [1.165, 1.54) is 0 Å². The van der Waals surface area contributed by atoms with Crippen LogP contribution in [0.3, 0.4) is 0 Å². The maximum Gasteiger partial charge on any atom is 0.229 e. The van der Waals surface area contributed by atoms with Crippen molar-refractivity contribution < 1.29 is 4.74 Å². The summed E-state index contributed by atoms with van der Waals surface area (Å²) in [6, 6.07) is 15.6. The number of benzene rings is 2. The number of halogens is 1. The Hall–Kier alpha value is -2.79. The number of aromatic nitrogens is 2. The van der Waals surface area contributed by atoms with Crippen molar-refractivity contribution >= 4 is 29.1 Å². The van der Waals surface area contributed by atoms with Gasteiger partial charge in [0.1, 0.15) is 11.6 Å². The standard InChI is InChI=1S/C20H21ClN4O/c1-13-11-19(22-12-15-7-9-16(26-3)10-8-15)25-20(23-13)24-18-6-4-5-17(21)14(18)2/h4-11H,12H2,1-3H3,(H2,22,23,24,25). The molecule has 0 saturated heterocycles. The van der Waals surface area contributed by atoms with Crippen LogP contribution in [0.2, 0.25) is 5.02 Å². The van der Waals surface area contributed by atoms with Gasteiger partial charge in [0.25, 0.3) is 0 Å². The molecule has 0 spiro atoms. The lowest BCUT2D eigenvalue weighted by Gasteiger charge is -2.12. The van der Waals surface area contributed by atoms with E-state index in [1.54, 1.807) is 7.11 Å². The minimum Gasteiger partial charge on any atom is -0.497 e. The first-order chi connectivity index (χ1) is 12.5. The van der Waals surface area contributed by atoms with Gasteiger partial charge in [-0.3, -0.25) is 0 Å². The average Bonchev–Trinajstić information content (AvgIpc) is 2.64. The molecular weight excluding hydrogens is 348 g/mol. The monoisotopic (exact) mass is 368 g/mol. The highest BCUT2D eigenvalue weighted by Crippen LogP contribution is 2.25. The van der Waals surface area contributed by atoms with E-state index in [0.717, 1.165) is 34.1 Å². The van der Waals surface area contributed by atoms with Crippen LogP contribution in [0, 0.1) is 13.8 Å². The predicted molar refractivity (Wildman–Crippen MR) is 107 cm³/mol. The summed E-state index contributed by atoms with van der Waals surface area (Å²) >= 11 is 6.18. The van der Waals surface area contributed by atoms with Crippen molar-refractivity contribution in [2.45, 2.75) is 20.4 Å². The second-order valence-corrected chi connectivity index (χ2v) is 6.36. The summed E-state index contributed by atoms with van der Waals surface area (Å²) in [5.74, 6) is 2.14. The molecule has 1 aromatic heterocycles. The molecule has 0 fully saturated rings. The molecule has 0 atom stereocenters. The third-order valence-electron chi connectivity index (χ3n) is 4.00. The van der Waals surface area contributed by atoms with Gasteiger partial charge in [0, 0.05) is 29.0 Å². The highest BCUT2D eigenvalue weighted by Gasteiger charge is 2.06. The first kappa shape index (κ1) is 18.0. The van der Waals surface area contributed by atoms with E-state index in [9.17, 15) is 0 Å². The van der Waals surface area contributed by atoms with Crippen LogP contribution >= 0.6 is 11.6 Å². The molecule has 3 rings (SSSR count). The van der Waals surface area contributed by atoms with Crippen molar-refractivity contribution in [3.05, 3.63) is 70.4 Å². The summed E-state index contributed by atoms with van der Waals surface area (Å²) < 4.78 is 5.18. The van der Waals surface area contributed by atoms with E-state index in [-0.39, 0.29) is 0 Å². The molecule has 134 valence electrons. The normalized spacial score (nSPS) is 10.5. The predicted octanol–water partition coefficient (Wildman–Crippen LogP) is 5.11. The number of hydrogen-bond acceptors (Lipinski definition) is 5. The highest BCUT2D eigenvalue weighted by atomic mass is 35.5. The number of aryl methyl sites for hydroxylation is 1. The first-order valence-corrected chi connectivity index (χ1v) is 8.67. The average molecular weight is 369 g/mol. The van der Waals surface area contributed by atoms with E-state index in [2.05, 4.69) is 20.6 Å². The molecule has 1 heterocycles. The van der Waals surface area contributed by atoms with Crippen LogP contribution in [-0.4, -0.2) is 17.1 Å². The molecule has 0 bridgehead atoms. The minimum absolute atomic E-state index is 0.535. The Morgan fingerprint density at radius 3 is 2.54 bits per heavy atom. The maximum absolute atomic E-state index is 6.18. The van der Waals surface area contributed by atoms with Gasteiger partial charge >= 0.3 is 0 Å². The van der Waals surface area contributed by atoms with Crippen LogP contribution in [0.4, 0.5) is 17.5 Å². The van der Waals surface area contributed by atoms with Gasteiger partial charge in [0.2, 0.25) is 5.95 Å². The molecule has 0 aliphatic rings. The molecule has 2 aromatic carbocycles. The fourth-order valence-electron chi connectivity index (χ4n) is 2.51. The first-order valence-electron chi connectivity index (χ1n) is 8.30. The number of anilines is 3. The second-order valence-electron chi connectivity index (χ2n) is 5.96. The molecule has 2 N–H and O–H groups in total. The highest BCUT2D eigenvalue weighted by molar-refractivity contribution is 6.31. The zero-order valence-corrected chi connectivity index (χ0v) is 15.8. The molecule has 3 aromatic rings. The van der Waals surface area contributed by atoms with Gasteiger partial charge < -0.3 is 15.4 Å². The van der Waals surface area contributed by atoms with Crippen molar-refractivity contribution in [3.63, 3.8) is 0 Å². The number of hydrogen-bond donors (Lipinski definition) is 2. The number of ether oxygens (including phenoxy) is 1. The Labute approximate surface area is 158 Å². The summed E-state index contributed by atoms with van der Waals surface area (Å²) in [6.07, 6.45) is 0. The van der Waals surface area contributed by atoms with Crippen LogP contribution < -0.4 is 15.4 Å². The number of nitrogens with one attached hydrogen (secondary N) is 2. The molecule has 26 heavy (non-hydrogen) atoms. The van der Waals surface area contributed by atoms with Gasteiger partial charge in [-0.2, -0.15) is 4.98 Å². The lowest BCUT2D eigenvalue weighted by Crippen LogP contribution is -2.06. The zero-order chi connectivity index (χ0) is 18.5. The lowest BCUT2D eigenvalue weighted by molar-refractivity contribution is 0.414. The van der Waals surface area contributed by atoms with Gasteiger partial charge in [0.15, 0.2) is 0 Å². The van der Waals surface area contributed by atoms with Crippen LogP contribution in [0.1, 0.15) is 16.8 Å². The van der Waals surface area contributed by atoms with Crippen molar-refractivity contribution in [2.24, 2.45) is 0 Å². The molecule has 0 radical (unpaired) electrons. The Bertz CT molecular complexity index is 897. The minimum atomic E-state index is 0.535. The van der Waals surface area contributed by atoms with Gasteiger partial charge in [0.05, 0.1) is 7.11 Å². The number of nitrogens with zero attached hydrogens (tertiary/aromatic N) is 2. The van der Waals surface area contributed by atoms with E-state index in [0.29, 0.717) is 17.5 Å². The van der Waals surface area contributed by atoms with E-state index in [4.69, 9.17) is 16.3 Å². The Morgan fingerprint density at radius 1 is 1.04 bits per heavy atom. The summed E-state index contributed by atoms with van der Waals surface area (Å²) in [5.41, 5.74) is 3.87. The second kappa shape index (κ2) is 8.06. The largest absolute Gasteiger partial charge is 0.497 e. The van der Waals surface area contributed by atoms with Crippen molar-refractivity contribution in [1.29, 1.82) is 0 Å². The molecule has 0 aliphatic carbocycles. The fraction of sp³-hybridized carbons (Fsp3) is 0.200. The van der Waals surface area contributed by atoms with Crippen molar-refractivity contribution in [1.82, 2.24) is 9.97 Å². The van der Waals surface area contributed by atoms with Crippen LogP contribution in [-0.2, 0) is 6.54 Å². The number of rotatable bonds is 6. The van der Waals surface area contributed by atoms with E-state index in [1.807, 2.05) is 62.4 Å². The molecule has 0 saturated carbocycles. The van der Waals surface area contributed by atoms with E-state index < -0.39 is 0 Å². The molecule has 0 unspecified atom stereocenters. The molecule has 5 nitrogen and oxygen atoms in total. The van der Waals surface area contributed by atoms with Crippen LogP contribution in [0.5, 0.6) is 5.75 Å². The topological polar surface area (TPSA) is 59.1 Å². The van der Waals surface area contributed by atoms with Gasteiger partial charge in [-0.05, 0) is 49.2 Å². The van der Waals surface area contributed by atoms with Crippen LogP contribution in [0.25, 0.3) is 0 Å². The SMILES string of the molecule is COc1ccc(CNc2cc(C)nc(Nc3cccc(Cl)c3C)n2)cc1. The van der Waals surface area contributed by atoms with Crippen LogP contribution in [0.15, 0.2) is 48.5 Å². The van der Waals surface area contributed by atoms with Gasteiger partial charge in [-0.1, -0.05) is 29.8 Å². The Balaban J connectivity index is 1.73. The Morgan fingerprint density at radius 2 is 1.81 bits per heavy atom. The molecule has 0 aliphatic heterocycles. The maximum atomic E-state index is 6.18. The van der Waals surface area contributed by atoms with Crippen molar-refractivity contribution in [2.75, 3.05) is 17.7 Å². The zero-order valence-electron chi connectivity index (χ0n) is 15.0. The lowest BCUT2D eigenvalue weighted by atomic mass is 10.2. The summed E-state index contributed by atoms with van der Waals surface area (Å²) in [5, 5.41) is 7.29. The molecule has 0 amide bonds. The quantitative estimate of drug-likeness (QED) is 0.633. The third kappa shape index (κ3) is 4.43. The summed E-state index contributed by atoms with van der Waals surface area (Å²) in [6.45, 7) is 4.57. The summed E-state index contributed by atoms with van der Waals surface area (Å²) in [7, 11) is 1.66. The van der Waals surface area contributed by atoms with Gasteiger partial charge in [-0.15, -0.1) is 0 Å². The smallest absolute Gasteiger partial charge is 0.229 e. The molecule has 6 heteroatoms. The Kier molecular flexibility index (Phi) is 5.58. The molecular formula is C20H21ClN4O. The van der Waals surface area contributed by atoms with Gasteiger partial charge in [-0.25, -0.2) is 4.98 Å². The fourth-order valence-corrected chi connectivity index (χ4v) is 2.69. The third-order valence-corrected chi connectivity index (χ3v) is 4.41.